The Morgan fingerprint density at radius 2 is 0.879 bits per heavy atom. The molecule has 0 aliphatic heterocycles. The molecular weight excluding hydrogens is 721 g/mol. The highest BCUT2D eigenvalue weighted by atomic mass is 32.1. The Kier molecular flexibility index (Phi) is 7.35. The van der Waals surface area contributed by atoms with Crippen LogP contribution in [0, 0.1) is 0 Å². The maximum Gasteiger partial charge on any atom is 0.160 e. The summed E-state index contributed by atoms with van der Waals surface area (Å²) in [6.07, 6.45) is 0. The van der Waals surface area contributed by atoms with Gasteiger partial charge in [-0.15, -0.1) is 11.3 Å². The summed E-state index contributed by atoms with van der Waals surface area (Å²) in [5.41, 5.74) is 18.5. The van der Waals surface area contributed by atoms with Crippen molar-refractivity contribution >= 4 is 21.4 Å². The van der Waals surface area contributed by atoms with Crippen molar-refractivity contribution in [3.8, 4) is 78.4 Å². The standard InChI is InChI=1S/C55H34N2S/c1-3-17-35(18-4-1)37-21-15-22-38(33-37)48-34-49(57-54(56-48)36-19-5-2-6-20-36)40-24-8-7-23-39(40)41-28-16-31-47-51(41)42-25-9-12-29-45(42)55(47)46-30-13-10-26-43(46)52-44-27-11-14-32-50(44)58-53(52)55/h1-34H. The third-order valence-corrected chi connectivity index (χ3v) is 13.4. The third kappa shape index (κ3) is 4.78. The van der Waals surface area contributed by atoms with Crippen LogP contribution < -0.4 is 0 Å². The summed E-state index contributed by atoms with van der Waals surface area (Å²) in [5, 5.41) is 1.34. The Balaban J connectivity index is 1.10. The topological polar surface area (TPSA) is 25.8 Å². The van der Waals surface area contributed by atoms with Gasteiger partial charge >= 0.3 is 0 Å². The maximum absolute atomic E-state index is 5.35. The van der Waals surface area contributed by atoms with Crippen molar-refractivity contribution in [2.24, 2.45) is 0 Å². The van der Waals surface area contributed by atoms with Crippen molar-refractivity contribution in [1.29, 1.82) is 0 Å². The summed E-state index contributed by atoms with van der Waals surface area (Å²) in [6, 6.07) is 74.6. The SMILES string of the molecule is c1ccc(-c2cccc(-c3cc(-c4ccccc4-c4cccc5c4-c4ccccc4C54c5ccccc5-c5c4sc4ccccc54)nc(-c4ccccc4)n3)c2)cc1. The molecule has 58 heavy (non-hydrogen) atoms. The van der Waals surface area contributed by atoms with E-state index >= 15 is 0 Å². The summed E-state index contributed by atoms with van der Waals surface area (Å²) in [7, 11) is 0. The molecule has 0 saturated carbocycles. The summed E-state index contributed by atoms with van der Waals surface area (Å²) in [4.78, 5) is 12.0. The van der Waals surface area contributed by atoms with Gasteiger partial charge in [0.1, 0.15) is 0 Å². The number of nitrogens with zero attached hydrogens (tertiary/aromatic N) is 2. The lowest BCUT2D eigenvalue weighted by Crippen LogP contribution is -2.24. The zero-order valence-corrected chi connectivity index (χ0v) is 32.2. The highest BCUT2D eigenvalue weighted by Crippen LogP contribution is 2.67. The van der Waals surface area contributed by atoms with Gasteiger partial charge < -0.3 is 0 Å². The van der Waals surface area contributed by atoms with E-state index in [9.17, 15) is 0 Å². The molecular formula is C55H34N2S. The van der Waals surface area contributed by atoms with E-state index in [0.29, 0.717) is 5.82 Å². The van der Waals surface area contributed by atoms with E-state index in [1.807, 2.05) is 17.4 Å². The number of benzene rings is 8. The van der Waals surface area contributed by atoms with Crippen LogP contribution in [0.3, 0.4) is 0 Å². The van der Waals surface area contributed by atoms with E-state index < -0.39 is 5.41 Å². The van der Waals surface area contributed by atoms with Gasteiger partial charge in [-0.05, 0) is 73.8 Å². The Morgan fingerprint density at radius 3 is 1.66 bits per heavy atom. The Labute approximate surface area is 341 Å². The van der Waals surface area contributed by atoms with Gasteiger partial charge in [-0.3, -0.25) is 0 Å². The van der Waals surface area contributed by atoms with Crippen molar-refractivity contribution in [1.82, 2.24) is 9.97 Å². The van der Waals surface area contributed by atoms with Crippen LogP contribution >= 0.6 is 11.3 Å². The van der Waals surface area contributed by atoms with Crippen molar-refractivity contribution in [3.63, 3.8) is 0 Å². The van der Waals surface area contributed by atoms with Gasteiger partial charge in [-0.25, -0.2) is 9.97 Å². The number of fused-ring (bicyclic) bond motifs is 12. The fourth-order valence-electron chi connectivity index (χ4n) is 9.69. The molecule has 0 N–H and O–H groups in total. The van der Waals surface area contributed by atoms with Gasteiger partial charge in [-0.1, -0.05) is 188 Å². The largest absolute Gasteiger partial charge is 0.228 e. The van der Waals surface area contributed by atoms with Gasteiger partial charge in [0.25, 0.3) is 0 Å². The number of rotatable bonds is 5. The summed E-state index contributed by atoms with van der Waals surface area (Å²) >= 11 is 1.95. The van der Waals surface area contributed by atoms with Crippen LogP contribution in [0.4, 0.5) is 0 Å². The van der Waals surface area contributed by atoms with Crippen molar-refractivity contribution in [2.75, 3.05) is 0 Å². The Morgan fingerprint density at radius 1 is 0.345 bits per heavy atom. The van der Waals surface area contributed by atoms with E-state index in [0.717, 1.165) is 39.2 Å². The molecule has 270 valence electrons. The van der Waals surface area contributed by atoms with Crippen LogP contribution in [0.2, 0.25) is 0 Å². The smallest absolute Gasteiger partial charge is 0.160 e. The zero-order chi connectivity index (χ0) is 38.2. The van der Waals surface area contributed by atoms with Crippen LogP contribution in [0.5, 0.6) is 0 Å². The van der Waals surface area contributed by atoms with Crippen LogP contribution in [0.1, 0.15) is 21.6 Å². The van der Waals surface area contributed by atoms with E-state index in [4.69, 9.17) is 9.97 Å². The predicted octanol–water partition coefficient (Wildman–Crippen LogP) is 14.4. The fraction of sp³-hybridized carbons (Fsp3) is 0.0182. The molecule has 0 saturated heterocycles. The number of hydrogen-bond acceptors (Lipinski definition) is 3. The molecule has 0 amide bonds. The first-order chi connectivity index (χ1) is 28.8. The molecule has 0 bridgehead atoms. The van der Waals surface area contributed by atoms with Gasteiger partial charge in [-0.2, -0.15) is 0 Å². The van der Waals surface area contributed by atoms with Crippen LogP contribution in [0.15, 0.2) is 206 Å². The van der Waals surface area contributed by atoms with Gasteiger partial charge in [0.15, 0.2) is 5.82 Å². The highest BCUT2D eigenvalue weighted by molar-refractivity contribution is 7.20. The second-order valence-electron chi connectivity index (χ2n) is 15.2. The van der Waals surface area contributed by atoms with Gasteiger partial charge in [0.05, 0.1) is 16.8 Å². The molecule has 1 unspecified atom stereocenters. The van der Waals surface area contributed by atoms with Crippen molar-refractivity contribution in [2.45, 2.75) is 5.41 Å². The molecule has 2 aliphatic carbocycles. The average Bonchev–Trinajstić information content (AvgIpc) is 3.93. The molecule has 2 aromatic heterocycles. The monoisotopic (exact) mass is 754 g/mol. The second-order valence-corrected chi connectivity index (χ2v) is 16.2. The maximum atomic E-state index is 5.35. The molecule has 1 atom stereocenters. The van der Waals surface area contributed by atoms with E-state index in [-0.39, 0.29) is 0 Å². The normalized spacial score (nSPS) is 14.6. The molecule has 8 aromatic carbocycles. The molecule has 3 heteroatoms. The van der Waals surface area contributed by atoms with Crippen molar-refractivity contribution in [3.05, 3.63) is 228 Å². The molecule has 2 nitrogen and oxygen atoms in total. The first-order valence-corrected chi connectivity index (χ1v) is 20.6. The van der Waals surface area contributed by atoms with Crippen LogP contribution in [0.25, 0.3) is 88.5 Å². The third-order valence-electron chi connectivity index (χ3n) is 12.1. The summed E-state index contributed by atoms with van der Waals surface area (Å²) < 4.78 is 1.33. The minimum atomic E-state index is -0.418. The molecule has 2 heterocycles. The first kappa shape index (κ1) is 33.0. The quantitative estimate of drug-likeness (QED) is 0.175. The van der Waals surface area contributed by atoms with Crippen LogP contribution in [-0.2, 0) is 5.41 Å². The lowest BCUT2D eigenvalue weighted by Gasteiger charge is -2.29. The molecule has 1 spiro atoms. The van der Waals surface area contributed by atoms with E-state index in [2.05, 4.69) is 200 Å². The van der Waals surface area contributed by atoms with E-state index in [1.165, 1.54) is 65.0 Å². The Bertz CT molecular complexity index is 3240. The molecule has 0 radical (unpaired) electrons. The molecule has 12 rings (SSSR count). The molecule has 2 aliphatic rings. The Hall–Kier alpha value is -7.20. The summed E-state index contributed by atoms with van der Waals surface area (Å²) in [6.45, 7) is 0. The highest BCUT2D eigenvalue weighted by Gasteiger charge is 2.53. The van der Waals surface area contributed by atoms with Crippen molar-refractivity contribution < 1.29 is 0 Å². The minimum absolute atomic E-state index is 0.418. The van der Waals surface area contributed by atoms with E-state index in [1.54, 1.807) is 0 Å². The minimum Gasteiger partial charge on any atom is -0.228 e. The first-order valence-electron chi connectivity index (χ1n) is 19.8. The lowest BCUT2D eigenvalue weighted by atomic mass is 9.73. The fourth-order valence-corrected chi connectivity index (χ4v) is 11.1. The average molecular weight is 755 g/mol. The summed E-state index contributed by atoms with van der Waals surface area (Å²) in [5.74, 6) is 0.704. The van der Waals surface area contributed by atoms with Gasteiger partial charge in [0.2, 0.25) is 0 Å². The number of thiophene rings is 1. The molecule has 10 aromatic rings. The van der Waals surface area contributed by atoms with Crippen LogP contribution in [-0.4, -0.2) is 9.97 Å². The zero-order valence-electron chi connectivity index (χ0n) is 31.4. The molecule has 0 fully saturated rings. The second kappa shape index (κ2) is 12.9. The van der Waals surface area contributed by atoms with Gasteiger partial charge in [0, 0.05) is 37.2 Å². The number of hydrogen-bond donors (Lipinski definition) is 0. The lowest BCUT2D eigenvalue weighted by molar-refractivity contribution is 0.812. The predicted molar refractivity (Wildman–Crippen MR) is 241 cm³/mol. The number of aromatic nitrogens is 2.